The minimum Gasteiger partial charge on any atom is -0.269 e. The van der Waals surface area contributed by atoms with Crippen LogP contribution in [0, 0.1) is 12.7 Å². The fraction of sp³-hybridized carbons (Fsp3) is 0.0909. The number of rotatable bonds is 1. The van der Waals surface area contributed by atoms with Crippen molar-refractivity contribution in [2.24, 2.45) is 0 Å². The fourth-order valence-corrected chi connectivity index (χ4v) is 1.85. The van der Waals surface area contributed by atoms with E-state index in [1.54, 1.807) is 6.92 Å². The molecule has 2 rings (SSSR count). The van der Waals surface area contributed by atoms with Gasteiger partial charge < -0.3 is 0 Å². The number of aryl methyl sites for hydroxylation is 1. The molecule has 0 bridgehead atoms. The van der Waals surface area contributed by atoms with Crippen LogP contribution in [-0.4, -0.2) is 11.8 Å². The Hall–Kier alpha value is -1.49. The van der Waals surface area contributed by atoms with E-state index in [2.05, 4.69) is 15.9 Å². The van der Waals surface area contributed by atoms with Crippen LogP contribution in [0.15, 0.2) is 28.8 Å². The maximum Gasteiger partial charge on any atom is 0.258 e. The first kappa shape index (κ1) is 11.0. The summed E-state index contributed by atoms with van der Waals surface area (Å²) in [6, 6.07) is 2.70. The number of nitrogens with zero attached hydrogens (tertiary/aromatic N) is 1. The van der Waals surface area contributed by atoms with Gasteiger partial charge in [-0.25, -0.2) is 9.29 Å². The van der Waals surface area contributed by atoms with Gasteiger partial charge in [0, 0.05) is 12.2 Å². The molecular weight excluding hydrogens is 277 g/mol. The van der Waals surface area contributed by atoms with Crippen LogP contribution in [0.1, 0.15) is 5.56 Å². The van der Waals surface area contributed by atoms with Gasteiger partial charge in [0.15, 0.2) is 0 Å². The number of hydrogen-bond donors (Lipinski definition) is 0. The molecule has 2 amide bonds. The topological polar surface area (TPSA) is 37.4 Å². The lowest BCUT2D eigenvalue weighted by atomic mass is 10.2. The van der Waals surface area contributed by atoms with Crippen LogP contribution >= 0.6 is 15.9 Å². The van der Waals surface area contributed by atoms with Gasteiger partial charge >= 0.3 is 0 Å². The van der Waals surface area contributed by atoms with Crippen LogP contribution < -0.4 is 4.90 Å². The third-order valence-electron chi connectivity index (χ3n) is 2.29. The monoisotopic (exact) mass is 283 g/mol. The summed E-state index contributed by atoms with van der Waals surface area (Å²) in [5.41, 5.74) is 0.930. The highest BCUT2D eigenvalue weighted by molar-refractivity contribution is 9.10. The molecule has 0 saturated heterocycles. The summed E-state index contributed by atoms with van der Waals surface area (Å²) in [7, 11) is 0. The third-order valence-corrected chi connectivity index (χ3v) is 2.90. The maximum absolute atomic E-state index is 13.2. The zero-order chi connectivity index (χ0) is 11.9. The van der Waals surface area contributed by atoms with E-state index in [4.69, 9.17) is 0 Å². The smallest absolute Gasteiger partial charge is 0.258 e. The maximum atomic E-state index is 13.2. The van der Waals surface area contributed by atoms with Crippen molar-refractivity contribution >= 4 is 33.4 Å². The molecule has 1 aliphatic heterocycles. The number of carbonyl (C=O) groups is 2. The van der Waals surface area contributed by atoms with Crippen LogP contribution in [-0.2, 0) is 9.59 Å². The summed E-state index contributed by atoms with van der Waals surface area (Å²) < 4.78 is 13.4. The molecule has 0 fully saturated rings. The van der Waals surface area contributed by atoms with Crippen molar-refractivity contribution < 1.29 is 14.0 Å². The predicted molar refractivity (Wildman–Crippen MR) is 60.5 cm³/mol. The number of benzene rings is 1. The largest absolute Gasteiger partial charge is 0.269 e. The van der Waals surface area contributed by atoms with Crippen molar-refractivity contribution in [1.82, 2.24) is 0 Å². The molecule has 0 unspecified atom stereocenters. The highest BCUT2D eigenvalue weighted by Crippen LogP contribution is 2.29. The Balaban J connectivity index is 2.53. The molecule has 0 aliphatic carbocycles. The normalized spacial score (nSPS) is 15.1. The summed E-state index contributed by atoms with van der Waals surface area (Å²) in [5, 5.41) is 0. The highest BCUT2D eigenvalue weighted by atomic mass is 79.9. The number of amides is 2. The SMILES string of the molecule is Cc1cc(F)c(Br)cc1N1C(=O)C=CC1=O. The van der Waals surface area contributed by atoms with Gasteiger partial charge in [-0.3, -0.25) is 9.59 Å². The van der Waals surface area contributed by atoms with Crippen molar-refractivity contribution in [1.29, 1.82) is 0 Å². The average molecular weight is 284 g/mol. The van der Waals surface area contributed by atoms with Crippen LogP contribution in [0.5, 0.6) is 0 Å². The van der Waals surface area contributed by atoms with E-state index in [9.17, 15) is 14.0 Å². The Morgan fingerprint density at radius 3 is 2.31 bits per heavy atom. The summed E-state index contributed by atoms with van der Waals surface area (Å²) in [6.07, 6.45) is 2.39. The Bertz CT molecular complexity index is 507. The van der Waals surface area contributed by atoms with Crippen LogP contribution in [0.4, 0.5) is 10.1 Å². The van der Waals surface area contributed by atoms with Gasteiger partial charge in [-0.1, -0.05) is 0 Å². The second-order valence-corrected chi connectivity index (χ2v) is 4.25. The van der Waals surface area contributed by atoms with Gasteiger partial charge in [0.2, 0.25) is 0 Å². The molecule has 1 aliphatic rings. The number of carbonyl (C=O) groups excluding carboxylic acids is 2. The molecule has 1 aromatic carbocycles. The van der Waals surface area contributed by atoms with E-state index in [0.29, 0.717) is 11.3 Å². The van der Waals surface area contributed by atoms with E-state index < -0.39 is 17.6 Å². The third kappa shape index (κ3) is 1.67. The lowest BCUT2D eigenvalue weighted by Crippen LogP contribution is -2.30. The standard InChI is InChI=1S/C11H7BrFNO2/c1-6-4-8(13)7(12)5-9(6)14-10(15)2-3-11(14)16/h2-5H,1H3. The van der Waals surface area contributed by atoms with E-state index >= 15 is 0 Å². The molecule has 82 valence electrons. The lowest BCUT2D eigenvalue weighted by molar-refractivity contribution is -0.119. The van der Waals surface area contributed by atoms with Crippen molar-refractivity contribution in [3.05, 3.63) is 40.1 Å². The van der Waals surface area contributed by atoms with Gasteiger partial charge in [-0.15, -0.1) is 0 Å². The molecule has 16 heavy (non-hydrogen) atoms. The van der Waals surface area contributed by atoms with Gasteiger partial charge in [-0.05, 0) is 40.5 Å². The summed E-state index contributed by atoms with van der Waals surface area (Å²) in [5.74, 6) is -1.24. The van der Waals surface area contributed by atoms with Crippen molar-refractivity contribution in [2.45, 2.75) is 6.92 Å². The van der Waals surface area contributed by atoms with E-state index in [1.807, 2.05) is 0 Å². The van der Waals surface area contributed by atoms with E-state index in [0.717, 1.165) is 4.90 Å². The summed E-state index contributed by atoms with van der Waals surface area (Å²) in [6.45, 7) is 1.64. The summed E-state index contributed by atoms with van der Waals surface area (Å²) >= 11 is 3.02. The molecule has 0 saturated carbocycles. The molecule has 0 radical (unpaired) electrons. The second kappa shape index (κ2) is 3.83. The molecule has 0 spiro atoms. The molecule has 0 atom stereocenters. The van der Waals surface area contributed by atoms with Crippen LogP contribution in [0.2, 0.25) is 0 Å². The Morgan fingerprint density at radius 2 is 1.75 bits per heavy atom. The fourth-order valence-electron chi connectivity index (χ4n) is 1.51. The van der Waals surface area contributed by atoms with Gasteiger partial charge in [0.1, 0.15) is 5.82 Å². The first-order chi connectivity index (χ1) is 7.50. The number of anilines is 1. The van der Waals surface area contributed by atoms with E-state index in [1.165, 1.54) is 24.3 Å². The molecule has 1 aromatic rings. The predicted octanol–water partition coefficient (Wildman–Crippen LogP) is 2.33. The molecule has 0 aromatic heterocycles. The van der Waals surface area contributed by atoms with Crippen LogP contribution in [0.25, 0.3) is 0 Å². The molecule has 3 nitrogen and oxygen atoms in total. The van der Waals surface area contributed by atoms with Gasteiger partial charge in [-0.2, -0.15) is 0 Å². The molecular formula is C11H7BrFNO2. The Morgan fingerprint density at radius 1 is 1.19 bits per heavy atom. The second-order valence-electron chi connectivity index (χ2n) is 3.40. The van der Waals surface area contributed by atoms with E-state index in [-0.39, 0.29) is 4.47 Å². The zero-order valence-corrected chi connectivity index (χ0v) is 9.92. The summed E-state index contributed by atoms with van der Waals surface area (Å²) in [4.78, 5) is 23.9. The quantitative estimate of drug-likeness (QED) is 0.742. The Labute approximate surface area is 99.7 Å². The first-order valence-corrected chi connectivity index (χ1v) is 5.32. The molecule has 1 heterocycles. The molecule has 0 N–H and O–H groups in total. The zero-order valence-electron chi connectivity index (χ0n) is 8.33. The minimum atomic E-state index is -0.423. The Kier molecular flexibility index (Phi) is 2.63. The number of hydrogen-bond acceptors (Lipinski definition) is 2. The number of halogens is 2. The van der Waals surface area contributed by atoms with Gasteiger partial charge in [0.25, 0.3) is 11.8 Å². The lowest BCUT2D eigenvalue weighted by Gasteiger charge is -2.17. The molecule has 5 heteroatoms. The van der Waals surface area contributed by atoms with Crippen molar-refractivity contribution in [3.8, 4) is 0 Å². The number of imide groups is 1. The van der Waals surface area contributed by atoms with Crippen molar-refractivity contribution in [2.75, 3.05) is 4.90 Å². The van der Waals surface area contributed by atoms with Gasteiger partial charge in [0.05, 0.1) is 10.2 Å². The minimum absolute atomic E-state index is 0.223. The van der Waals surface area contributed by atoms with Crippen molar-refractivity contribution in [3.63, 3.8) is 0 Å². The highest BCUT2D eigenvalue weighted by Gasteiger charge is 2.26. The average Bonchev–Trinajstić information content (AvgIpc) is 2.53. The van der Waals surface area contributed by atoms with Crippen LogP contribution in [0.3, 0.4) is 0 Å². The first-order valence-electron chi connectivity index (χ1n) is 4.52.